The van der Waals surface area contributed by atoms with Crippen LogP contribution in [0.5, 0.6) is 11.5 Å². The van der Waals surface area contributed by atoms with Gasteiger partial charge in [0.15, 0.2) is 11.5 Å². The number of H-pyrrole nitrogens is 1. The molecule has 5 nitrogen and oxygen atoms in total. The molecule has 3 aromatic rings. The summed E-state index contributed by atoms with van der Waals surface area (Å²) in [6.45, 7) is 4.34. The molecule has 1 aliphatic heterocycles. The second-order valence-electron chi connectivity index (χ2n) is 6.91. The summed E-state index contributed by atoms with van der Waals surface area (Å²) in [4.78, 5) is 8.33. The summed E-state index contributed by atoms with van der Waals surface area (Å²) < 4.78 is 10.7. The van der Waals surface area contributed by atoms with E-state index >= 15 is 0 Å². The molecule has 0 atom stereocenters. The monoisotopic (exact) mass is 351 g/mol. The first-order valence-corrected chi connectivity index (χ1v) is 9.13. The van der Waals surface area contributed by atoms with Crippen LogP contribution in [0.15, 0.2) is 30.3 Å². The molecule has 1 fully saturated rings. The molecule has 0 amide bonds. The predicted octanol–water partition coefficient (Wildman–Crippen LogP) is 4.02. The topological polar surface area (TPSA) is 59.2 Å². The van der Waals surface area contributed by atoms with Crippen LogP contribution in [0.2, 0.25) is 0 Å². The van der Waals surface area contributed by atoms with Crippen LogP contribution in [0.25, 0.3) is 22.4 Å². The predicted molar refractivity (Wildman–Crippen MR) is 104 cm³/mol. The highest BCUT2D eigenvalue weighted by molar-refractivity contribution is 5.83. The van der Waals surface area contributed by atoms with Crippen LogP contribution in [0.4, 0.5) is 0 Å². The molecule has 2 heterocycles. The van der Waals surface area contributed by atoms with E-state index in [0.717, 1.165) is 41.3 Å². The number of benzene rings is 2. The Balaban J connectivity index is 1.74. The van der Waals surface area contributed by atoms with Crippen LogP contribution in [-0.2, 0) is 0 Å². The first kappa shape index (κ1) is 16.9. The van der Waals surface area contributed by atoms with E-state index in [1.54, 1.807) is 14.2 Å². The molecule has 0 spiro atoms. The van der Waals surface area contributed by atoms with Crippen LogP contribution >= 0.6 is 0 Å². The van der Waals surface area contributed by atoms with Gasteiger partial charge >= 0.3 is 0 Å². The van der Waals surface area contributed by atoms with E-state index in [-0.39, 0.29) is 0 Å². The maximum Gasteiger partial charge on any atom is 0.161 e. The molecule has 2 aromatic carbocycles. The smallest absolute Gasteiger partial charge is 0.161 e. The molecule has 5 heteroatoms. The van der Waals surface area contributed by atoms with Crippen molar-refractivity contribution in [2.75, 3.05) is 27.3 Å². The quantitative estimate of drug-likeness (QED) is 0.745. The van der Waals surface area contributed by atoms with Crippen molar-refractivity contribution in [3.8, 4) is 22.9 Å². The molecule has 26 heavy (non-hydrogen) atoms. The standard InChI is InChI=1S/C21H25N3O2/c1-13-10-16(14-6-8-22-9-7-14)11-17-20(13)24-21(23-17)15-4-5-18(25-2)19(12-15)26-3/h4-5,10-12,14,22H,6-9H2,1-3H3,(H,23,24). The molecule has 2 N–H and O–H groups in total. The Hall–Kier alpha value is -2.53. The summed E-state index contributed by atoms with van der Waals surface area (Å²) in [6, 6.07) is 10.4. The fourth-order valence-corrected chi connectivity index (χ4v) is 3.83. The molecule has 1 aliphatic rings. The molecular formula is C21H25N3O2. The van der Waals surface area contributed by atoms with E-state index in [2.05, 4.69) is 29.4 Å². The van der Waals surface area contributed by atoms with Crippen LogP contribution < -0.4 is 14.8 Å². The molecule has 0 bridgehead atoms. The van der Waals surface area contributed by atoms with Crippen LogP contribution in [0, 0.1) is 6.92 Å². The van der Waals surface area contributed by atoms with Gasteiger partial charge in [0.05, 0.1) is 25.3 Å². The number of aromatic amines is 1. The maximum absolute atomic E-state index is 5.42. The van der Waals surface area contributed by atoms with E-state index in [9.17, 15) is 0 Å². The van der Waals surface area contributed by atoms with Crippen LogP contribution in [0.3, 0.4) is 0 Å². The van der Waals surface area contributed by atoms with E-state index in [4.69, 9.17) is 14.5 Å². The average Bonchev–Trinajstić information content (AvgIpc) is 3.13. The summed E-state index contributed by atoms with van der Waals surface area (Å²) >= 11 is 0. The molecule has 4 rings (SSSR count). The third kappa shape index (κ3) is 3.03. The summed E-state index contributed by atoms with van der Waals surface area (Å²) in [7, 11) is 3.29. The number of piperidine rings is 1. The van der Waals surface area contributed by atoms with Crippen molar-refractivity contribution in [1.29, 1.82) is 0 Å². The van der Waals surface area contributed by atoms with E-state index in [0.29, 0.717) is 11.7 Å². The fraction of sp³-hybridized carbons (Fsp3) is 0.381. The van der Waals surface area contributed by atoms with Crippen molar-refractivity contribution in [1.82, 2.24) is 15.3 Å². The van der Waals surface area contributed by atoms with Gasteiger partial charge in [-0.3, -0.25) is 0 Å². The summed E-state index contributed by atoms with van der Waals surface area (Å²) in [5, 5.41) is 3.44. The molecule has 1 aromatic heterocycles. The van der Waals surface area contributed by atoms with Crippen molar-refractivity contribution in [2.45, 2.75) is 25.7 Å². The van der Waals surface area contributed by atoms with Crippen molar-refractivity contribution >= 4 is 11.0 Å². The normalized spacial score (nSPS) is 15.3. The number of rotatable bonds is 4. The number of nitrogens with zero attached hydrogens (tertiary/aromatic N) is 1. The highest BCUT2D eigenvalue weighted by Crippen LogP contribution is 2.34. The van der Waals surface area contributed by atoms with E-state index in [1.165, 1.54) is 24.0 Å². The Morgan fingerprint density at radius 2 is 1.77 bits per heavy atom. The molecule has 1 saturated heterocycles. The highest BCUT2D eigenvalue weighted by atomic mass is 16.5. The molecule has 0 saturated carbocycles. The second kappa shape index (κ2) is 7.00. The Morgan fingerprint density at radius 1 is 1.00 bits per heavy atom. The van der Waals surface area contributed by atoms with Crippen molar-refractivity contribution < 1.29 is 9.47 Å². The Kier molecular flexibility index (Phi) is 4.55. The zero-order chi connectivity index (χ0) is 18.1. The zero-order valence-corrected chi connectivity index (χ0v) is 15.6. The largest absolute Gasteiger partial charge is 0.493 e. The third-order valence-electron chi connectivity index (χ3n) is 5.27. The minimum Gasteiger partial charge on any atom is -0.493 e. The van der Waals surface area contributed by atoms with Gasteiger partial charge in [-0.2, -0.15) is 0 Å². The number of imidazole rings is 1. The lowest BCUT2D eigenvalue weighted by atomic mass is 9.89. The lowest BCUT2D eigenvalue weighted by Gasteiger charge is -2.23. The van der Waals surface area contributed by atoms with Crippen LogP contribution in [-0.4, -0.2) is 37.3 Å². The number of nitrogens with one attached hydrogen (secondary N) is 2. The Morgan fingerprint density at radius 3 is 2.50 bits per heavy atom. The molecular weight excluding hydrogens is 326 g/mol. The van der Waals surface area contributed by atoms with Gasteiger partial charge < -0.3 is 19.8 Å². The van der Waals surface area contributed by atoms with Crippen molar-refractivity contribution in [3.05, 3.63) is 41.5 Å². The number of ether oxygens (including phenoxy) is 2. The average molecular weight is 351 g/mol. The second-order valence-corrected chi connectivity index (χ2v) is 6.91. The van der Waals surface area contributed by atoms with Gasteiger partial charge in [0.1, 0.15) is 5.82 Å². The van der Waals surface area contributed by atoms with Gasteiger partial charge in [-0.05, 0) is 74.2 Å². The number of aryl methyl sites for hydroxylation is 1. The lowest BCUT2D eigenvalue weighted by molar-refractivity contribution is 0.355. The maximum atomic E-state index is 5.42. The minimum atomic E-state index is 0.632. The Labute approximate surface area is 153 Å². The molecule has 0 unspecified atom stereocenters. The van der Waals surface area contributed by atoms with Gasteiger partial charge in [-0.15, -0.1) is 0 Å². The van der Waals surface area contributed by atoms with Gasteiger partial charge in [-0.1, -0.05) is 6.07 Å². The number of hydrogen-bond donors (Lipinski definition) is 2. The SMILES string of the molecule is COc1ccc(-c2nc3c(C)cc(C4CCNCC4)cc3[nH]2)cc1OC. The molecule has 0 radical (unpaired) electrons. The number of methoxy groups -OCH3 is 2. The fourth-order valence-electron chi connectivity index (χ4n) is 3.83. The molecule has 0 aliphatic carbocycles. The lowest BCUT2D eigenvalue weighted by Crippen LogP contribution is -2.26. The van der Waals surface area contributed by atoms with Crippen molar-refractivity contribution in [3.63, 3.8) is 0 Å². The minimum absolute atomic E-state index is 0.632. The number of aromatic nitrogens is 2. The first-order chi connectivity index (χ1) is 12.7. The molecule has 136 valence electrons. The van der Waals surface area contributed by atoms with Crippen molar-refractivity contribution in [2.24, 2.45) is 0 Å². The summed E-state index contributed by atoms with van der Waals surface area (Å²) in [6.07, 6.45) is 2.39. The zero-order valence-electron chi connectivity index (χ0n) is 15.6. The Bertz CT molecular complexity index is 926. The van der Waals surface area contributed by atoms with E-state index < -0.39 is 0 Å². The van der Waals surface area contributed by atoms with Gasteiger partial charge in [0.2, 0.25) is 0 Å². The van der Waals surface area contributed by atoms with Gasteiger partial charge in [0.25, 0.3) is 0 Å². The third-order valence-corrected chi connectivity index (χ3v) is 5.27. The van der Waals surface area contributed by atoms with Gasteiger partial charge in [0, 0.05) is 5.56 Å². The van der Waals surface area contributed by atoms with E-state index in [1.807, 2.05) is 18.2 Å². The summed E-state index contributed by atoms with van der Waals surface area (Å²) in [5.41, 5.74) is 5.76. The summed E-state index contributed by atoms with van der Waals surface area (Å²) in [5.74, 6) is 2.91. The number of fused-ring (bicyclic) bond motifs is 1. The van der Waals surface area contributed by atoms with Crippen LogP contribution in [0.1, 0.15) is 29.9 Å². The highest BCUT2D eigenvalue weighted by Gasteiger charge is 2.18. The van der Waals surface area contributed by atoms with Gasteiger partial charge in [-0.25, -0.2) is 4.98 Å². The number of hydrogen-bond acceptors (Lipinski definition) is 4. The first-order valence-electron chi connectivity index (χ1n) is 9.13.